The zero-order valence-electron chi connectivity index (χ0n) is 28.2. The molecule has 2 aromatic carbocycles. The summed E-state index contributed by atoms with van der Waals surface area (Å²) in [7, 11) is 0. The molecule has 0 aromatic heterocycles. The van der Waals surface area contributed by atoms with Gasteiger partial charge in [0, 0.05) is 22.0 Å². The van der Waals surface area contributed by atoms with Crippen molar-refractivity contribution in [1.29, 1.82) is 0 Å². The number of hydrogen-bond acceptors (Lipinski definition) is 7. The van der Waals surface area contributed by atoms with Gasteiger partial charge in [-0.3, -0.25) is 0 Å². The van der Waals surface area contributed by atoms with E-state index in [0.717, 1.165) is 88.8 Å². The van der Waals surface area contributed by atoms with Gasteiger partial charge in [0.15, 0.2) is 0 Å². The number of amides is 1. The van der Waals surface area contributed by atoms with Gasteiger partial charge < -0.3 is 36.0 Å². The van der Waals surface area contributed by atoms with Crippen molar-refractivity contribution >= 4 is 53.9 Å². The fraction of sp³-hybridized carbons (Fsp3) is 0.649. The highest BCUT2D eigenvalue weighted by Crippen LogP contribution is 2.45. The highest BCUT2D eigenvalue weighted by atomic mass is 79.9. The van der Waals surface area contributed by atoms with E-state index in [-0.39, 0.29) is 50.4 Å². The van der Waals surface area contributed by atoms with Crippen molar-refractivity contribution in [2.24, 2.45) is 17.6 Å². The van der Waals surface area contributed by atoms with Gasteiger partial charge in [-0.15, -0.1) is 0 Å². The van der Waals surface area contributed by atoms with E-state index >= 15 is 0 Å². The summed E-state index contributed by atoms with van der Waals surface area (Å²) >= 11 is 10.6. The number of primary amides is 1. The number of carbonyl (C=O) groups excluding carboxylic acids is 1. The third-order valence-electron chi connectivity index (χ3n) is 9.94. The highest BCUT2D eigenvalue weighted by molar-refractivity contribution is 9.24. The van der Waals surface area contributed by atoms with Gasteiger partial charge in [0.2, 0.25) is 0 Å². The third kappa shape index (κ3) is 12.0. The van der Waals surface area contributed by atoms with E-state index in [9.17, 15) is 30.3 Å². The second-order valence-corrected chi connectivity index (χ2v) is 17.9. The molecule has 4 aliphatic rings. The molecule has 2 aromatic rings. The predicted molar refractivity (Wildman–Crippen MR) is 202 cm³/mol. The molecule has 0 unspecified atom stereocenters. The van der Waals surface area contributed by atoms with Crippen molar-refractivity contribution in [3.63, 3.8) is 0 Å². The van der Waals surface area contributed by atoms with Crippen LogP contribution in [0.4, 0.5) is 4.79 Å². The monoisotopic (exact) mass is 861 g/mol. The molecule has 6 rings (SSSR count). The number of unbranched alkanes of at least 4 members (excludes halogenated alkanes) is 1. The summed E-state index contributed by atoms with van der Waals surface area (Å²) in [6.07, 6.45) is 8.75. The Morgan fingerprint density at radius 2 is 1.23 bits per heavy atom. The first-order chi connectivity index (χ1) is 22.8. The average molecular weight is 865 g/mol. The van der Waals surface area contributed by atoms with E-state index in [2.05, 4.69) is 47.8 Å². The Morgan fingerprint density at radius 3 is 1.71 bits per heavy atom. The Hall–Kier alpha value is -1.69. The number of phenols is 4. The summed E-state index contributed by atoms with van der Waals surface area (Å²) in [6, 6.07) is 6.42. The molecule has 11 heteroatoms. The molecule has 4 aliphatic carbocycles. The van der Waals surface area contributed by atoms with Crippen molar-refractivity contribution in [2.45, 2.75) is 132 Å². The summed E-state index contributed by atoms with van der Waals surface area (Å²) in [5.41, 5.74) is 7.51. The minimum Gasteiger partial charge on any atom is -0.508 e. The quantitative estimate of drug-likeness (QED) is 0.108. The fourth-order valence-corrected chi connectivity index (χ4v) is 8.36. The Labute approximate surface area is 311 Å². The van der Waals surface area contributed by atoms with Gasteiger partial charge in [-0.05, 0) is 105 Å². The molecule has 0 aliphatic heterocycles. The number of aromatic hydroxyl groups is 4. The zero-order chi connectivity index (χ0) is 35.4. The van der Waals surface area contributed by atoms with Crippen LogP contribution in [-0.2, 0) is 4.74 Å². The molecule has 6 atom stereocenters. The molecule has 0 spiro atoms. The van der Waals surface area contributed by atoms with Crippen LogP contribution in [0.1, 0.15) is 150 Å². The largest absolute Gasteiger partial charge is 0.508 e. The molecule has 7 N–H and O–H groups in total. The maximum atomic E-state index is 12.0. The number of benzene rings is 2. The number of ether oxygens (including phenoxy) is 1. The van der Waals surface area contributed by atoms with Crippen LogP contribution < -0.4 is 5.73 Å². The lowest BCUT2D eigenvalue weighted by atomic mass is 9.83. The summed E-state index contributed by atoms with van der Waals surface area (Å²) in [6.45, 7) is 3.93. The van der Waals surface area contributed by atoms with E-state index in [1.54, 1.807) is 24.3 Å². The Bertz CT molecular complexity index is 1260. The van der Waals surface area contributed by atoms with E-state index in [1.807, 2.05) is 13.8 Å². The van der Waals surface area contributed by atoms with Crippen LogP contribution in [-0.4, -0.2) is 40.7 Å². The predicted octanol–water partition coefficient (Wildman–Crippen LogP) is 10.8. The van der Waals surface area contributed by atoms with Gasteiger partial charge in [0.05, 0.1) is 9.84 Å². The van der Waals surface area contributed by atoms with Crippen LogP contribution in [0.15, 0.2) is 24.3 Å². The van der Waals surface area contributed by atoms with Crippen LogP contribution in [0.3, 0.4) is 0 Å². The Morgan fingerprint density at radius 1 is 0.771 bits per heavy atom. The SMILES string of the molecule is C[C@H]1CCCC[C@H](CCCCBr)c2c(O)cc(cc2O)[C@H](OC(N)=O)[C@@H](C)CCCC[C@H](CCCC(Br)Br)c2c(O)cc(cc2O)[C@@H]1O. The minimum absolute atomic E-state index is 0.00915. The third-order valence-corrected chi connectivity index (χ3v) is 11.4. The van der Waals surface area contributed by atoms with Crippen molar-refractivity contribution in [3.8, 4) is 23.0 Å². The molecule has 0 saturated heterocycles. The number of phenolic OH excluding ortho intramolecular Hbond substituents is 4. The fourth-order valence-electron chi connectivity index (χ4n) is 7.32. The molecule has 8 nitrogen and oxygen atoms in total. The summed E-state index contributed by atoms with van der Waals surface area (Å²) in [5.74, 6) is -0.453. The number of aliphatic hydroxyl groups excluding tert-OH is 1. The molecule has 1 amide bonds. The van der Waals surface area contributed by atoms with Crippen molar-refractivity contribution in [2.75, 3.05) is 5.33 Å². The van der Waals surface area contributed by atoms with Crippen molar-refractivity contribution in [1.82, 2.24) is 0 Å². The molecule has 0 fully saturated rings. The van der Waals surface area contributed by atoms with Crippen LogP contribution in [0.5, 0.6) is 23.0 Å². The zero-order valence-corrected chi connectivity index (χ0v) is 33.0. The average Bonchev–Trinajstić information content (AvgIpc) is 3.01. The molecular formula is C37H54Br3NO7. The number of hydrogen-bond donors (Lipinski definition) is 6. The number of rotatable bonds is 9. The number of alkyl halides is 3. The van der Waals surface area contributed by atoms with Crippen molar-refractivity contribution < 1.29 is 35.1 Å². The highest BCUT2D eigenvalue weighted by Gasteiger charge is 2.29. The topological polar surface area (TPSA) is 153 Å². The van der Waals surface area contributed by atoms with Gasteiger partial charge >= 0.3 is 6.09 Å². The lowest BCUT2D eigenvalue weighted by molar-refractivity contribution is 0.0690. The standard InChI is InChI=1S/C37H54Br3NO7/c1-22-10-3-5-12-24(14-7-8-17-38)33-30(44)20-27(21-31(33)45)36(48-37(41)47)23(2)11-4-6-13-25(15-9-16-32(39)40)34-28(42)18-26(35(22)46)19-29(34)43/h18-25,32,35-36,42-46H,3-17H2,1-2H3,(H2,41,47)/t22-,23-,24+,25+,35+,36+/m0/s1. The summed E-state index contributed by atoms with van der Waals surface area (Å²) in [5, 5.41) is 57.1. The number of aliphatic hydroxyl groups is 1. The lowest BCUT2D eigenvalue weighted by Gasteiger charge is -2.27. The molecule has 48 heavy (non-hydrogen) atoms. The summed E-state index contributed by atoms with van der Waals surface area (Å²) < 4.78 is 5.75. The Balaban J connectivity index is 1.98. The van der Waals surface area contributed by atoms with E-state index in [4.69, 9.17) is 10.5 Å². The van der Waals surface area contributed by atoms with Gasteiger partial charge in [-0.2, -0.15) is 0 Å². The molecule has 270 valence electrons. The Kier molecular flexibility index (Phi) is 17.2. The molecule has 4 bridgehead atoms. The minimum atomic E-state index is -0.922. The first kappa shape index (κ1) is 40.7. The number of halogens is 3. The molecule has 0 radical (unpaired) electrons. The van der Waals surface area contributed by atoms with Gasteiger partial charge in [0.25, 0.3) is 0 Å². The van der Waals surface area contributed by atoms with Crippen molar-refractivity contribution in [3.05, 3.63) is 46.5 Å². The lowest BCUT2D eigenvalue weighted by Crippen LogP contribution is -2.22. The molecule has 0 saturated carbocycles. The first-order valence-electron chi connectivity index (χ1n) is 17.4. The van der Waals surface area contributed by atoms with Crippen LogP contribution in [0.25, 0.3) is 0 Å². The van der Waals surface area contributed by atoms with E-state index in [0.29, 0.717) is 28.7 Å². The van der Waals surface area contributed by atoms with Gasteiger partial charge in [0.1, 0.15) is 29.1 Å². The smallest absolute Gasteiger partial charge is 0.405 e. The second-order valence-electron chi connectivity index (χ2n) is 13.7. The number of nitrogens with two attached hydrogens (primary N) is 1. The van der Waals surface area contributed by atoms with Gasteiger partial charge in [-0.25, -0.2) is 4.79 Å². The maximum Gasteiger partial charge on any atom is 0.405 e. The summed E-state index contributed by atoms with van der Waals surface area (Å²) in [4.78, 5) is 12.0. The normalized spacial score (nSPS) is 24.6. The number of carbonyl (C=O) groups is 1. The first-order valence-corrected chi connectivity index (χ1v) is 20.4. The second kappa shape index (κ2) is 20.2. The van der Waals surface area contributed by atoms with E-state index < -0.39 is 18.3 Å². The van der Waals surface area contributed by atoms with E-state index in [1.165, 1.54) is 0 Å². The van der Waals surface area contributed by atoms with Crippen LogP contribution in [0.2, 0.25) is 0 Å². The van der Waals surface area contributed by atoms with Crippen LogP contribution in [0, 0.1) is 11.8 Å². The molecule has 0 heterocycles. The molecular weight excluding hydrogens is 810 g/mol. The van der Waals surface area contributed by atoms with Gasteiger partial charge in [-0.1, -0.05) is 100 Å². The maximum absolute atomic E-state index is 12.0. The van der Waals surface area contributed by atoms with Crippen LogP contribution >= 0.6 is 47.8 Å².